The number of hydrogen-bond acceptors (Lipinski definition) is 3. The number of halogens is 2. The molecule has 5 nitrogen and oxygen atoms in total. The summed E-state index contributed by atoms with van der Waals surface area (Å²) < 4.78 is 26.9. The van der Waals surface area contributed by atoms with E-state index in [1.807, 2.05) is 0 Å². The summed E-state index contributed by atoms with van der Waals surface area (Å²) in [4.78, 5) is 12.8. The first-order valence-corrected chi connectivity index (χ1v) is 10.4. The van der Waals surface area contributed by atoms with Crippen LogP contribution in [0.25, 0.3) is 0 Å². The lowest BCUT2D eigenvalue weighted by Gasteiger charge is -2.31. The van der Waals surface area contributed by atoms with E-state index in [-0.39, 0.29) is 17.3 Å². The topological polar surface area (TPSA) is 66.5 Å². The van der Waals surface area contributed by atoms with Gasteiger partial charge < -0.3 is 5.32 Å². The van der Waals surface area contributed by atoms with E-state index in [0.717, 1.165) is 0 Å². The molecule has 3 rings (SSSR count). The van der Waals surface area contributed by atoms with E-state index in [2.05, 4.69) is 5.32 Å². The van der Waals surface area contributed by atoms with Gasteiger partial charge in [0.05, 0.1) is 20.9 Å². The molecule has 1 saturated heterocycles. The Hall–Kier alpha value is -1.60. The van der Waals surface area contributed by atoms with Crippen molar-refractivity contribution in [3.8, 4) is 0 Å². The Kier molecular flexibility index (Phi) is 5.87. The van der Waals surface area contributed by atoms with Crippen molar-refractivity contribution in [2.24, 2.45) is 5.92 Å². The Morgan fingerprint density at radius 2 is 1.81 bits per heavy atom. The molecule has 138 valence electrons. The molecule has 0 aliphatic carbocycles. The fraction of sp³-hybridized carbons (Fsp3) is 0.278. The van der Waals surface area contributed by atoms with Crippen LogP contribution in [0.4, 0.5) is 5.69 Å². The maximum atomic E-state index is 12.8. The predicted octanol–water partition coefficient (Wildman–Crippen LogP) is 4.03. The number of amides is 1. The van der Waals surface area contributed by atoms with Crippen molar-refractivity contribution >= 4 is 44.8 Å². The summed E-state index contributed by atoms with van der Waals surface area (Å²) in [5.41, 5.74) is 0.535. The molecule has 0 aromatic heterocycles. The molecule has 1 fully saturated rings. The van der Waals surface area contributed by atoms with Crippen LogP contribution in [0.2, 0.25) is 10.0 Å². The van der Waals surface area contributed by atoms with Crippen molar-refractivity contribution in [2.75, 3.05) is 18.4 Å². The van der Waals surface area contributed by atoms with Crippen LogP contribution in [-0.4, -0.2) is 31.7 Å². The van der Waals surface area contributed by atoms with Gasteiger partial charge in [0.2, 0.25) is 15.9 Å². The Balaban J connectivity index is 1.71. The van der Waals surface area contributed by atoms with Crippen molar-refractivity contribution in [2.45, 2.75) is 17.7 Å². The summed E-state index contributed by atoms with van der Waals surface area (Å²) in [7, 11) is -3.60. The van der Waals surface area contributed by atoms with Gasteiger partial charge in [-0.1, -0.05) is 41.4 Å². The first-order valence-electron chi connectivity index (χ1n) is 8.19. The smallest absolute Gasteiger partial charge is 0.243 e. The second-order valence-corrected chi connectivity index (χ2v) is 8.89. The standard InChI is InChI=1S/C18H18Cl2N2O3S/c19-16-9-8-14(11-17(16)20)21-18(23)13-5-4-10-22(12-13)26(24,25)15-6-2-1-3-7-15/h1-3,6-9,11,13H,4-5,10,12H2,(H,21,23). The van der Waals surface area contributed by atoms with Crippen molar-refractivity contribution < 1.29 is 13.2 Å². The van der Waals surface area contributed by atoms with Gasteiger partial charge in [-0.25, -0.2) is 8.42 Å². The Morgan fingerprint density at radius 3 is 2.50 bits per heavy atom. The lowest BCUT2D eigenvalue weighted by Crippen LogP contribution is -2.43. The average molecular weight is 413 g/mol. The third-order valence-electron chi connectivity index (χ3n) is 4.32. The molecule has 0 bridgehead atoms. The minimum Gasteiger partial charge on any atom is -0.326 e. The molecule has 0 spiro atoms. The van der Waals surface area contributed by atoms with Gasteiger partial charge in [0.1, 0.15) is 0 Å². The number of carbonyl (C=O) groups excluding carboxylic acids is 1. The summed E-state index contributed by atoms with van der Waals surface area (Å²) in [6.07, 6.45) is 1.26. The molecule has 1 N–H and O–H groups in total. The van der Waals surface area contributed by atoms with Gasteiger partial charge in [-0.05, 0) is 43.2 Å². The number of anilines is 1. The highest BCUT2D eigenvalue weighted by Crippen LogP contribution is 2.27. The van der Waals surface area contributed by atoms with E-state index in [1.165, 1.54) is 4.31 Å². The van der Waals surface area contributed by atoms with Crippen LogP contribution in [0.15, 0.2) is 53.4 Å². The molecule has 1 aliphatic rings. The lowest BCUT2D eigenvalue weighted by atomic mass is 9.99. The van der Waals surface area contributed by atoms with Gasteiger partial charge in [0, 0.05) is 18.8 Å². The maximum Gasteiger partial charge on any atom is 0.243 e. The van der Waals surface area contributed by atoms with Crippen molar-refractivity contribution in [1.29, 1.82) is 0 Å². The molecule has 26 heavy (non-hydrogen) atoms. The van der Waals surface area contributed by atoms with Gasteiger partial charge in [-0.3, -0.25) is 4.79 Å². The monoisotopic (exact) mass is 412 g/mol. The molecule has 1 atom stereocenters. The highest BCUT2D eigenvalue weighted by atomic mass is 35.5. The zero-order chi connectivity index (χ0) is 18.7. The third-order valence-corrected chi connectivity index (χ3v) is 6.94. The third kappa shape index (κ3) is 4.20. The van der Waals surface area contributed by atoms with Gasteiger partial charge >= 0.3 is 0 Å². The van der Waals surface area contributed by atoms with Crippen molar-refractivity contribution in [3.05, 3.63) is 58.6 Å². The van der Waals surface area contributed by atoms with Gasteiger partial charge in [-0.15, -0.1) is 0 Å². The zero-order valence-corrected chi connectivity index (χ0v) is 16.2. The number of sulfonamides is 1. The number of rotatable bonds is 4. The summed E-state index contributed by atoms with van der Waals surface area (Å²) >= 11 is 11.8. The molecule has 0 saturated carbocycles. The van der Waals surface area contributed by atoms with E-state index in [0.29, 0.717) is 35.1 Å². The summed E-state index contributed by atoms with van der Waals surface area (Å²) in [5, 5.41) is 3.54. The molecule has 2 aromatic rings. The maximum absolute atomic E-state index is 12.8. The van der Waals surface area contributed by atoms with Crippen LogP contribution >= 0.6 is 23.2 Å². The number of nitrogens with one attached hydrogen (secondary N) is 1. The van der Waals surface area contributed by atoms with Gasteiger partial charge in [0.15, 0.2) is 0 Å². The first kappa shape index (κ1) is 19.2. The van der Waals surface area contributed by atoms with Crippen LogP contribution in [0.5, 0.6) is 0 Å². The lowest BCUT2D eigenvalue weighted by molar-refractivity contribution is -0.120. The van der Waals surface area contributed by atoms with E-state index in [4.69, 9.17) is 23.2 Å². The Bertz CT molecular complexity index is 904. The molecule has 2 aromatic carbocycles. The largest absolute Gasteiger partial charge is 0.326 e. The van der Waals surface area contributed by atoms with E-state index in [1.54, 1.807) is 48.5 Å². The quantitative estimate of drug-likeness (QED) is 0.823. The molecule has 0 radical (unpaired) electrons. The fourth-order valence-corrected chi connectivity index (χ4v) is 4.78. The SMILES string of the molecule is O=C(Nc1ccc(Cl)c(Cl)c1)C1CCCN(S(=O)(=O)c2ccccc2)C1. The molecule has 1 unspecified atom stereocenters. The summed E-state index contributed by atoms with van der Waals surface area (Å²) in [6.45, 7) is 0.568. The molecule has 8 heteroatoms. The first-order chi connectivity index (χ1) is 12.4. The summed E-state index contributed by atoms with van der Waals surface area (Å²) in [5.74, 6) is -0.645. The molecular weight excluding hydrogens is 395 g/mol. The van der Waals surface area contributed by atoms with Crippen molar-refractivity contribution in [1.82, 2.24) is 4.31 Å². The van der Waals surface area contributed by atoms with Crippen LogP contribution in [0.3, 0.4) is 0 Å². The van der Waals surface area contributed by atoms with Gasteiger partial charge in [-0.2, -0.15) is 4.31 Å². The summed E-state index contributed by atoms with van der Waals surface area (Å²) in [6, 6.07) is 13.1. The number of benzene rings is 2. The van der Waals surface area contributed by atoms with E-state index < -0.39 is 15.9 Å². The number of carbonyl (C=O) groups is 1. The minimum atomic E-state index is -3.60. The second kappa shape index (κ2) is 7.96. The van der Waals surface area contributed by atoms with E-state index >= 15 is 0 Å². The second-order valence-electron chi connectivity index (χ2n) is 6.13. The number of hydrogen-bond donors (Lipinski definition) is 1. The van der Waals surface area contributed by atoms with Crippen LogP contribution in [0.1, 0.15) is 12.8 Å². The molecule has 1 heterocycles. The van der Waals surface area contributed by atoms with Crippen molar-refractivity contribution in [3.63, 3.8) is 0 Å². The Morgan fingerprint density at radius 1 is 1.08 bits per heavy atom. The van der Waals surface area contributed by atoms with E-state index in [9.17, 15) is 13.2 Å². The van der Waals surface area contributed by atoms with Crippen LogP contribution in [0, 0.1) is 5.92 Å². The number of nitrogens with zero attached hydrogens (tertiary/aromatic N) is 1. The average Bonchev–Trinajstić information content (AvgIpc) is 2.65. The Labute approximate surface area is 163 Å². The normalized spacial score (nSPS) is 18.5. The van der Waals surface area contributed by atoms with Crippen LogP contribution in [-0.2, 0) is 14.8 Å². The number of piperidine rings is 1. The minimum absolute atomic E-state index is 0.157. The van der Waals surface area contributed by atoms with Gasteiger partial charge in [0.25, 0.3) is 0 Å². The predicted molar refractivity (Wildman–Crippen MR) is 103 cm³/mol. The zero-order valence-electron chi connectivity index (χ0n) is 13.9. The van der Waals surface area contributed by atoms with Crippen LogP contribution < -0.4 is 5.32 Å². The highest BCUT2D eigenvalue weighted by Gasteiger charge is 2.33. The fourth-order valence-electron chi connectivity index (χ4n) is 2.93. The highest BCUT2D eigenvalue weighted by molar-refractivity contribution is 7.89. The molecule has 1 aliphatic heterocycles. The molecule has 1 amide bonds. The molecular formula is C18H18Cl2N2O3S.